The summed E-state index contributed by atoms with van der Waals surface area (Å²) in [4.78, 5) is 5.21. The van der Waals surface area contributed by atoms with Crippen molar-refractivity contribution in [1.29, 1.82) is 0 Å². The molecule has 7 heteroatoms. The third kappa shape index (κ3) is 3.73. The van der Waals surface area contributed by atoms with E-state index >= 15 is 0 Å². The molecule has 0 bridgehead atoms. The van der Waals surface area contributed by atoms with Crippen LogP contribution in [-0.2, 0) is 0 Å². The fraction of sp³-hybridized carbons (Fsp3) is 0.412. The van der Waals surface area contributed by atoms with Gasteiger partial charge in [0, 0.05) is 17.3 Å². The van der Waals surface area contributed by atoms with E-state index in [1.54, 1.807) is 0 Å². The van der Waals surface area contributed by atoms with E-state index in [1.807, 2.05) is 18.4 Å². The quantitative estimate of drug-likeness (QED) is 0.521. The minimum absolute atomic E-state index is 0.225. The molecule has 0 aliphatic carbocycles. The molecular formula is C17H22Cl2N4S. The van der Waals surface area contributed by atoms with Crippen LogP contribution in [0.25, 0.3) is 10.6 Å². The topological polar surface area (TPSA) is 42.2 Å². The van der Waals surface area contributed by atoms with Crippen LogP contribution in [0.5, 0.6) is 0 Å². The fourth-order valence-corrected chi connectivity index (χ4v) is 3.50. The van der Waals surface area contributed by atoms with Gasteiger partial charge in [-0.25, -0.2) is 9.50 Å². The Morgan fingerprint density at radius 1 is 1.33 bits per heavy atom. The summed E-state index contributed by atoms with van der Waals surface area (Å²) < 4.78 is 1.91. The van der Waals surface area contributed by atoms with Crippen molar-refractivity contribution in [3.63, 3.8) is 0 Å². The van der Waals surface area contributed by atoms with Gasteiger partial charge in [0.1, 0.15) is 5.16 Å². The summed E-state index contributed by atoms with van der Waals surface area (Å²) in [6.45, 7) is 11.9. The maximum absolute atomic E-state index is 6.27. The second-order valence-corrected chi connectivity index (χ2v) is 7.01. The van der Waals surface area contributed by atoms with Gasteiger partial charge in [-0.2, -0.15) is 5.10 Å². The molecule has 0 aliphatic heterocycles. The van der Waals surface area contributed by atoms with E-state index in [1.165, 1.54) is 0 Å². The molecule has 0 amide bonds. The molecule has 0 aliphatic rings. The van der Waals surface area contributed by atoms with Crippen molar-refractivity contribution in [2.24, 2.45) is 0 Å². The first-order chi connectivity index (χ1) is 11.3. The Balaban J connectivity index is 2.74. The molecule has 0 atom stereocenters. The maximum atomic E-state index is 6.27. The number of thiol groups is 1. The Kier molecular flexibility index (Phi) is 6.23. The summed E-state index contributed by atoms with van der Waals surface area (Å²) >= 11 is 16.6. The number of nitrogens with one attached hydrogen (secondary N) is 1. The van der Waals surface area contributed by atoms with Crippen LogP contribution in [0.3, 0.4) is 0 Å². The first kappa shape index (κ1) is 19.2. The fourth-order valence-electron chi connectivity index (χ4n) is 2.84. The minimum atomic E-state index is 0.225. The predicted molar refractivity (Wildman–Crippen MR) is 106 cm³/mol. The summed E-state index contributed by atoms with van der Waals surface area (Å²) in [6.07, 6.45) is 2.09. The molecule has 0 saturated heterocycles. The third-order valence-corrected chi connectivity index (χ3v) is 4.97. The second-order valence-electron chi connectivity index (χ2n) is 5.72. The molecule has 4 nitrogen and oxygen atoms in total. The van der Waals surface area contributed by atoms with Gasteiger partial charge in [-0.05, 0) is 32.8 Å². The van der Waals surface area contributed by atoms with Crippen molar-refractivity contribution in [3.05, 3.63) is 45.6 Å². The highest BCUT2D eigenvalue weighted by Gasteiger charge is 2.21. The van der Waals surface area contributed by atoms with Crippen molar-refractivity contribution in [2.75, 3.05) is 0 Å². The number of aryl methyl sites for hydroxylation is 2. The first-order valence-corrected chi connectivity index (χ1v) is 9.07. The number of aromatic nitrogens is 3. The van der Waals surface area contributed by atoms with E-state index < -0.39 is 0 Å². The molecule has 1 N–H and O–H groups in total. The van der Waals surface area contributed by atoms with Gasteiger partial charge >= 0.3 is 0 Å². The Morgan fingerprint density at radius 2 is 1.96 bits per heavy atom. The van der Waals surface area contributed by atoms with Crippen molar-refractivity contribution in [1.82, 2.24) is 19.9 Å². The van der Waals surface area contributed by atoms with Crippen LogP contribution in [-0.4, -0.2) is 14.6 Å². The summed E-state index contributed by atoms with van der Waals surface area (Å²) in [6, 6.07) is 2.10. The molecule has 0 saturated carbocycles. The SMILES string of the molecule is C=C(Cl)N/C(Cl)=C(\S)c1c(C)nn2c(C(CC)CC)cc(C)nc12. The average Bonchev–Trinajstić information content (AvgIpc) is 2.83. The molecule has 2 heterocycles. The highest BCUT2D eigenvalue weighted by molar-refractivity contribution is 7.90. The van der Waals surface area contributed by atoms with Crippen molar-refractivity contribution in [3.8, 4) is 0 Å². The number of rotatable bonds is 6. The van der Waals surface area contributed by atoms with Gasteiger partial charge in [-0.15, -0.1) is 12.6 Å². The minimum Gasteiger partial charge on any atom is -0.336 e. The molecule has 0 unspecified atom stereocenters. The number of hydrogen-bond acceptors (Lipinski definition) is 4. The third-order valence-electron chi connectivity index (χ3n) is 4.01. The standard InChI is InChI=1S/C17H22Cl2N4S/c1-6-12(7-2)13-8-9(3)20-17-14(10(4)22-23(13)17)15(24)16(19)21-11(5)18/h8,12,21,24H,5-7H2,1-4H3/b16-15-. The highest BCUT2D eigenvalue weighted by Crippen LogP contribution is 2.32. The summed E-state index contributed by atoms with van der Waals surface area (Å²) in [7, 11) is 0. The zero-order chi connectivity index (χ0) is 18.0. The normalized spacial score (nSPS) is 12.7. The lowest BCUT2D eigenvalue weighted by Crippen LogP contribution is -2.08. The van der Waals surface area contributed by atoms with Crippen LogP contribution >= 0.6 is 35.8 Å². The average molecular weight is 385 g/mol. The lowest BCUT2D eigenvalue weighted by molar-refractivity contribution is 0.598. The van der Waals surface area contributed by atoms with Crippen molar-refractivity contribution >= 4 is 46.4 Å². The van der Waals surface area contributed by atoms with Gasteiger partial charge in [0.05, 0.1) is 21.3 Å². The van der Waals surface area contributed by atoms with Crippen LogP contribution in [0.15, 0.2) is 23.0 Å². The number of nitrogens with zero attached hydrogens (tertiary/aromatic N) is 3. The molecule has 0 spiro atoms. The van der Waals surface area contributed by atoms with Crippen LogP contribution in [0.4, 0.5) is 0 Å². The lowest BCUT2D eigenvalue weighted by atomic mass is 9.98. The molecular weight excluding hydrogens is 363 g/mol. The molecule has 0 fully saturated rings. The van der Waals surface area contributed by atoms with E-state index in [-0.39, 0.29) is 5.16 Å². The van der Waals surface area contributed by atoms with Gasteiger partial charge in [0.2, 0.25) is 0 Å². The zero-order valence-corrected chi connectivity index (χ0v) is 16.7. The van der Waals surface area contributed by atoms with Crippen molar-refractivity contribution in [2.45, 2.75) is 46.5 Å². The molecule has 2 aromatic rings. The molecule has 130 valence electrons. The highest BCUT2D eigenvalue weighted by atomic mass is 35.5. The maximum Gasteiger partial charge on any atom is 0.164 e. The Labute approximate surface area is 158 Å². The summed E-state index contributed by atoms with van der Waals surface area (Å²) in [5.41, 5.74) is 4.45. The van der Waals surface area contributed by atoms with E-state index in [0.29, 0.717) is 16.0 Å². The second kappa shape index (κ2) is 7.81. The van der Waals surface area contributed by atoms with Crippen LogP contribution in [0.2, 0.25) is 0 Å². The van der Waals surface area contributed by atoms with Crippen LogP contribution in [0.1, 0.15) is 55.3 Å². The molecule has 0 aromatic carbocycles. The van der Waals surface area contributed by atoms with Gasteiger partial charge in [0.15, 0.2) is 5.65 Å². The number of halogens is 2. The van der Waals surface area contributed by atoms with E-state index in [9.17, 15) is 0 Å². The summed E-state index contributed by atoms with van der Waals surface area (Å²) in [5.74, 6) is 0.421. The Bertz CT molecular complexity index is 807. The predicted octanol–water partition coefficient (Wildman–Crippen LogP) is 5.34. The van der Waals surface area contributed by atoms with Crippen LogP contribution < -0.4 is 5.32 Å². The van der Waals surface area contributed by atoms with Crippen LogP contribution in [0, 0.1) is 13.8 Å². The van der Waals surface area contributed by atoms with Gasteiger partial charge in [0.25, 0.3) is 0 Å². The van der Waals surface area contributed by atoms with Gasteiger partial charge in [-0.3, -0.25) is 0 Å². The number of hydrogen-bond donors (Lipinski definition) is 2. The molecule has 2 rings (SSSR count). The van der Waals surface area contributed by atoms with E-state index in [4.69, 9.17) is 23.2 Å². The van der Waals surface area contributed by atoms with E-state index in [2.05, 4.69) is 54.5 Å². The summed E-state index contributed by atoms with van der Waals surface area (Å²) in [5, 5.41) is 7.97. The zero-order valence-electron chi connectivity index (χ0n) is 14.3. The van der Waals surface area contributed by atoms with Gasteiger partial charge in [-0.1, -0.05) is 43.6 Å². The Hall–Kier alpha value is -1.17. The number of fused-ring (bicyclic) bond motifs is 1. The molecule has 24 heavy (non-hydrogen) atoms. The molecule has 2 aromatic heterocycles. The largest absolute Gasteiger partial charge is 0.336 e. The van der Waals surface area contributed by atoms with E-state index in [0.717, 1.165) is 41.1 Å². The monoisotopic (exact) mass is 384 g/mol. The first-order valence-electron chi connectivity index (χ1n) is 7.87. The molecule has 0 radical (unpaired) electrons. The lowest BCUT2D eigenvalue weighted by Gasteiger charge is -2.15. The van der Waals surface area contributed by atoms with Crippen molar-refractivity contribution < 1.29 is 0 Å². The van der Waals surface area contributed by atoms with Gasteiger partial charge < -0.3 is 5.32 Å². The smallest absolute Gasteiger partial charge is 0.164 e. The Morgan fingerprint density at radius 3 is 2.50 bits per heavy atom.